The normalized spacial score (nSPS) is 11.8. The van der Waals surface area contributed by atoms with Crippen molar-refractivity contribution in [1.82, 2.24) is 14.7 Å². The third-order valence-corrected chi connectivity index (χ3v) is 5.10. The molecule has 22 heavy (non-hydrogen) atoms. The maximum Gasteiger partial charge on any atom is 0.225 e. The predicted octanol–water partition coefficient (Wildman–Crippen LogP) is 0.165. The minimum absolute atomic E-state index is 0.399. The van der Waals surface area contributed by atoms with Gasteiger partial charge >= 0.3 is 0 Å². The first-order valence-electron chi connectivity index (χ1n) is 6.75. The number of hydrogen-bond acceptors (Lipinski definition) is 6. The van der Waals surface area contributed by atoms with Gasteiger partial charge in [0.2, 0.25) is 15.5 Å². The van der Waals surface area contributed by atoms with Crippen LogP contribution in [0, 0.1) is 13.8 Å². The molecule has 2 rings (SSSR count). The highest BCUT2D eigenvalue weighted by Crippen LogP contribution is 2.13. The standard InChI is InChI=1S/C13H20N5O2S2/c1-9-12(4-5-16-22(3,19)20)21-8-18(9)7-11-6-15-10(2)17-13(11)14/h6,8,16H,4-5,7H2,1-3H3,(H2,14,15,17)/q+1. The molecule has 3 N–H and O–H groups in total. The lowest BCUT2D eigenvalue weighted by Gasteiger charge is -2.02. The van der Waals surface area contributed by atoms with Gasteiger partial charge in [0.1, 0.15) is 11.6 Å². The molecule has 120 valence electrons. The van der Waals surface area contributed by atoms with Crippen molar-refractivity contribution >= 4 is 27.2 Å². The topological polar surface area (TPSA) is 102 Å². The molecule has 0 amide bonds. The number of anilines is 1. The lowest BCUT2D eigenvalue weighted by Crippen LogP contribution is -2.35. The van der Waals surface area contributed by atoms with Crippen LogP contribution in [0.4, 0.5) is 5.82 Å². The van der Waals surface area contributed by atoms with E-state index in [1.54, 1.807) is 24.5 Å². The molecule has 0 saturated carbocycles. The molecule has 0 fully saturated rings. The van der Waals surface area contributed by atoms with Gasteiger partial charge in [0.05, 0.1) is 16.7 Å². The van der Waals surface area contributed by atoms with Crippen molar-refractivity contribution in [1.29, 1.82) is 0 Å². The molecule has 0 saturated heterocycles. The van der Waals surface area contributed by atoms with Crippen LogP contribution in [-0.2, 0) is 23.0 Å². The number of nitrogens with one attached hydrogen (secondary N) is 1. The number of hydrogen-bond donors (Lipinski definition) is 2. The van der Waals surface area contributed by atoms with E-state index in [0.717, 1.165) is 22.4 Å². The Bertz CT molecular complexity index is 771. The lowest BCUT2D eigenvalue weighted by molar-refractivity contribution is -0.689. The third kappa shape index (κ3) is 4.46. The van der Waals surface area contributed by atoms with E-state index in [2.05, 4.69) is 19.3 Å². The summed E-state index contributed by atoms with van der Waals surface area (Å²) < 4.78 is 26.7. The second-order valence-corrected chi connectivity index (χ2v) is 7.88. The second kappa shape index (κ2) is 6.67. The number of nitrogens with zero attached hydrogens (tertiary/aromatic N) is 3. The van der Waals surface area contributed by atoms with Crippen LogP contribution in [0.15, 0.2) is 11.7 Å². The van der Waals surface area contributed by atoms with E-state index < -0.39 is 10.0 Å². The highest BCUT2D eigenvalue weighted by molar-refractivity contribution is 7.88. The van der Waals surface area contributed by atoms with Crippen molar-refractivity contribution in [3.8, 4) is 0 Å². The van der Waals surface area contributed by atoms with Crippen LogP contribution in [0.3, 0.4) is 0 Å². The smallest absolute Gasteiger partial charge is 0.225 e. The van der Waals surface area contributed by atoms with E-state index in [1.165, 1.54) is 0 Å². The Kier molecular flexibility index (Phi) is 5.09. The second-order valence-electron chi connectivity index (χ2n) is 5.10. The van der Waals surface area contributed by atoms with Gasteiger partial charge in [-0.05, 0) is 6.92 Å². The summed E-state index contributed by atoms with van der Waals surface area (Å²) in [5, 5.41) is 0. The minimum atomic E-state index is -3.14. The average Bonchev–Trinajstić information content (AvgIpc) is 2.73. The van der Waals surface area contributed by atoms with Gasteiger partial charge in [-0.1, -0.05) is 11.3 Å². The molecule has 2 aromatic heterocycles. The molecule has 2 aromatic rings. The van der Waals surface area contributed by atoms with E-state index in [0.29, 0.717) is 31.2 Å². The number of nitrogens with two attached hydrogens (primary N) is 1. The highest BCUT2D eigenvalue weighted by Gasteiger charge is 2.17. The lowest BCUT2D eigenvalue weighted by atomic mass is 10.2. The molecule has 0 unspecified atom stereocenters. The monoisotopic (exact) mass is 342 g/mol. The van der Waals surface area contributed by atoms with Gasteiger partial charge in [0, 0.05) is 26.1 Å². The number of aromatic nitrogens is 3. The summed E-state index contributed by atoms with van der Waals surface area (Å²) in [5.74, 6) is 1.15. The van der Waals surface area contributed by atoms with E-state index in [9.17, 15) is 8.42 Å². The number of nitrogen functional groups attached to an aromatic ring is 1. The van der Waals surface area contributed by atoms with E-state index in [4.69, 9.17) is 5.73 Å². The fraction of sp³-hybridized carbons (Fsp3) is 0.462. The molecule has 0 bridgehead atoms. The van der Waals surface area contributed by atoms with Crippen LogP contribution < -0.4 is 15.0 Å². The maximum absolute atomic E-state index is 11.1. The van der Waals surface area contributed by atoms with Crippen molar-refractivity contribution in [3.05, 3.63) is 33.7 Å². The van der Waals surface area contributed by atoms with E-state index >= 15 is 0 Å². The van der Waals surface area contributed by atoms with Crippen LogP contribution in [-0.4, -0.2) is 31.2 Å². The largest absolute Gasteiger partial charge is 0.383 e. The zero-order chi connectivity index (χ0) is 16.3. The molecule has 0 aliphatic carbocycles. The van der Waals surface area contributed by atoms with Crippen molar-refractivity contribution in [2.24, 2.45) is 0 Å². The van der Waals surface area contributed by atoms with Gasteiger partial charge in [-0.2, -0.15) is 4.57 Å². The maximum atomic E-state index is 11.1. The summed E-state index contributed by atoms with van der Waals surface area (Å²) >= 11 is 1.60. The summed E-state index contributed by atoms with van der Waals surface area (Å²) in [7, 11) is -3.14. The van der Waals surface area contributed by atoms with Gasteiger partial charge in [-0.25, -0.2) is 23.1 Å². The summed E-state index contributed by atoms with van der Waals surface area (Å²) in [5.41, 5.74) is 9.89. The molecule has 0 aromatic carbocycles. The molecule has 0 radical (unpaired) electrons. The number of sulfonamides is 1. The highest BCUT2D eigenvalue weighted by atomic mass is 32.2. The Morgan fingerprint density at radius 1 is 1.41 bits per heavy atom. The van der Waals surface area contributed by atoms with Crippen LogP contribution in [0.1, 0.15) is 22.0 Å². The summed E-state index contributed by atoms with van der Waals surface area (Å²) in [4.78, 5) is 9.48. The third-order valence-electron chi connectivity index (χ3n) is 3.23. The van der Waals surface area contributed by atoms with Crippen LogP contribution in [0.5, 0.6) is 0 Å². The van der Waals surface area contributed by atoms with Gasteiger partial charge in [-0.15, -0.1) is 0 Å². The van der Waals surface area contributed by atoms with Crippen molar-refractivity contribution in [3.63, 3.8) is 0 Å². The molecule has 0 aliphatic heterocycles. The molecule has 2 heterocycles. The van der Waals surface area contributed by atoms with Gasteiger partial charge in [0.15, 0.2) is 12.2 Å². The van der Waals surface area contributed by atoms with E-state index in [1.807, 2.05) is 12.4 Å². The fourth-order valence-corrected chi connectivity index (χ4v) is 3.48. The van der Waals surface area contributed by atoms with Crippen LogP contribution in [0.2, 0.25) is 0 Å². The number of aryl methyl sites for hydroxylation is 1. The zero-order valence-corrected chi connectivity index (χ0v) is 14.5. The fourth-order valence-electron chi connectivity index (χ4n) is 2.02. The Morgan fingerprint density at radius 2 is 2.14 bits per heavy atom. The predicted molar refractivity (Wildman–Crippen MR) is 86.1 cm³/mol. The summed E-state index contributed by atoms with van der Waals surface area (Å²) in [6, 6.07) is 0. The zero-order valence-electron chi connectivity index (χ0n) is 12.8. The number of thiazole rings is 1. The first-order chi connectivity index (χ1) is 10.3. The molecule has 0 aliphatic rings. The van der Waals surface area contributed by atoms with Gasteiger partial charge in [-0.3, -0.25) is 0 Å². The SMILES string of the molecule is Cc1ncc(C[n+]2csc(CCNS(C)(=O)=O)c2C)c(N)n1. The molecule has 0 spiro atoms. The Labute approximate surface area is 134 Å². The summed E-state index contributed by atoms with van der Waals surface area (Å²) in [6.07, 6.45) is 3.57. The Hall–Kier alpha value is -1.58. The van der Waals surface area contributed by atoms with Crippen molar-refractivity contribution in [2.45, 2.75) is 26.8 Å². The molecular weight excluding hydrogens is 322 g/mol. The van der Waals surface area contributed by atoms with Crippen LogP contribution >= 0.6 is 11.3 Å². The van der Waals surface area contributed by atoms with Gasteiger partial charge in [0.25, 0.3) is 0 Å². The first kappa shape index (κ1) is 16.8. The molecule has 0 atom stereocenters. The Morgan fingerprint density at radius 3 is 2.77 bits per heavy atom. The average molecular weight is 342 g/mol. The molecule has 9 heteroatoms. The van der Waals surface area contributed by atoms with Gasteiger partial charge < -0.3 is 5.73 Å². The van der Waals surface area contributed by atoms with Crippen molar-refractivity contribution in [2.75, 3.05) is 18.5 Å². The quantitative estimate of drug-likeness (QED) is 0.728. The summed E-state index contributed by atoms with van der Waals surface area (Å²) in [6.45, 7) is 4.82. The molecule has 7 nitrogen and oxygen atoms in total. The van der Waals surface area contributed by atoms with E-state index in [-0.39, 0.29) is 0 Å². The first-order valence-corrected chi connectivity index (χ1v) is 9.52. The number of rotatable bonds is 6. The van der Waals surface area contributed by atoms with Crippen LogP contribution in [0.25, 0.3) is 0 Å². The Balaban J connectivity index is 2.07. The van der Waals surface area contributed by atoms with Crippen molar-refractivity contribution < 1.29 is 13.0 Å². The molecular formula is C13H20N5O2S2+. The minimum Gasteiger partial charge on any atom is -0.383 e.